The minimum Gasteiger partial charge on any atom is -0.310 e. The SMILES string of the molecule is [2H]c1c([2H])c([2H])c(N(c2cccc(-n3c4ccccc4c4cc(-c5ccc6c(c5)c5ccccc5n6-c5c([2H])c([2H])c([2H])c([2H])c5[2H])ccc43)c2)c2c([2H])c([2H])c([2H])c([2H])c2[2H])c([2H])c1[2H]. The molecule has 0 aliphatic rings. The van der Waals surface area contributed by atoms with Gasteiger partial charge in [0.15, 0.2) is 0 Å². The predicted molar refractivity (Wildman–Crippen MR) is 215 cm³/mol. The van der Waals surface area contributed by atoms with Gasteiger partial charge in [-0.2, -0.15) is 0 Å². The van der Waals surface area contributed by atoms with Gasteiger partial charge in [-0.1, -0.05) is 109 Å². The topological polar surface area (TPSA) is 13.1 Å². The summed E-state index contributed by atoms with van der Waals surface area (Å²) in [4.78, 5) is 1.14. The Morgan fingerprint density at radius 2 is 0.824 bits per heavy atom. The van der Waals surface area contributed by atoms with Crippen LogP contribution in [0.4, 0.5) is 17.1 Å². The molecule has 0 radical (unpaired) electrons. The van der Waals surface area contributed by atoms with Gasteiger partial charge in [-0.05, 0) is 102 Å². The van der Waals surface area contributed by atoms with Crippen LogP contribution >= 0.6 is 0 Å². The van der Waals surface area contributed by atoms with E-state index >= 15 is 0 Å². The van der Waals surface area contributed by atoms with E-state index in [2.05, 4.69) is 6.07 Å². The second-order valence-electron chi connectivity index (χ2n) is 11.9. The third kappa shape index (κ3) is 4.82. The summed E-state index contributed by atoms with van der Waals surface area (Å²) in [6, 6.07) is 25.6. The smallest absolute Gasteiger partial charge is 0.0645 e. The molecule has 3 heteroatoms. The molecule has 0 fully saturated rings. The highest BCUT2D eigenvalue weighted by Gasteiger charge is 2.18. The molecule has 0 bridgehead atoms. The van der Waals surface area contributed by atoms with E-state index in [1.54, 1.807) is 22.8 Å². The van der Waals surface area contributed by atoms with Crippen LogP contribution in [0.1, 0.15) is 20.6 Å². The van der Waals surface area contributed by atoms with Crippen LogP contribution in [0.3, 0.4) is 0 Å². The Morgan fingerprint density at radius 1 is 0.353 bits per heavy atom. The fourth-order valence-corrected chi connectivity index (χ4v) is 7.03. The van der Waals surface area contributed by atoms with Crippen LogP contribution in [0.5, 0.6) is 0 Å². The van der Waals surface area contributed by atoms with Crippen LogP contribution in [-0.4, -0.2) is 9.13 Å². The fourth-order valence-electron chi connectivity index (χ4n) is 7.03. The molecule has 0 spiro atoms. The zero-order valence-electron chi connectivity index (χ0n) is 41.7. The quantitative estimate of drug-likeness (QED) is 0.172. The van der Waals surface area contributed by atoms with Crippen molar-refractivity contribution in [3.63, 3.8) is 0 Å². The molecule has 3 nitrogen and oxygen atoms in total. The number of rotatable bonds is 6. The first-order valence-corrected chi connectivity index (χ1v) is 16.2. The van der Waals surface area contributed by atoms with E-state index in [0.717, 1.165) is 48.6 Å². The summed E-state index contributed by atoms with van der Waals surface area (Å²) in [6.07, 6.45) is 0. The maximum absolute atomic E-state index is 8.91. The number of aromatic nitrogens is 2. The van der Waals surface area contributed by atoms with E-state index in [-0.39, 0.29) is 23.5 Å². The molecule has 8 aromatic carbocycles. The zero-order valence-corrected chi connectivity index (χ0v) is 26.7. The molecule has 0 aliphatic carbocycles. The molecule has 0 saturated carbocycles. The van der Waals surface area contributed by atoms with E-state index in [9.17, 15) is 0 Å². The third-order valence-electron chi connectivity index (χ3n) is 9.16. The second-order valence-corrected chi connectivity index (χ2v) is 11.9. The van der Waals surface area contributed by atoms with Crippen LogP contribution in [-0.2, 0) is 0 Å². The Labute approximate surface area is 317 Å². The van der Waals surface area contributed by atoms with Gasteiger partial charge in [0.1, 0.15) is 0 Å². The van der Waals surface area contributed by atoms with Crippen molar-refractivity contribution in [1.29, 1.82) is 0 Å². The van der Waals surface area contributed by atoms with Gasteiger partial charge in [0.2, 0.25) is 0 Å². The zero-order chi connectivity index (χ0) is 46.8. The second kappa shape index (κ2) is 11.9. The number of hydrogen-bond acceptors (Lipinski definition) is 1. The van der Waals surface area contributed by atoms with Gasteiger partial charge in [-0.25, -0.2) is 0 Å². The molecule has 0 aliphatic heterocycles. The molecular formula is C48H33N3. The number of benzene rings is 8. The van der Waals surface area contributed by atoms with Gasteiger partial charge in [0.05, 0.1) is 42.6 Å². The molecule has 10 aromatic rings. The highest BCUT2D eigenvalue weighted by molar-refractivity contribution is 6.12. The number of fused-ring (bicyclic) bond motifs is 6. The van der Waals surface area contributed by atoms with Gasteiger partial charge in [0.25, 0.3) is 0 Å². The summed E-state index contributed by atoms with van der Waals surface area (Å²) >= 11 is 0. The lowest BCUT2D eigenvalue weighted by molar-refractivity contribution is 1.17. The summed E-state index contributed by atoms with van der Waals surface area (Å²) in [5.41, 5.74) is 4.68. The lowest BCUT2D eigenvalue weighted by Gasteiger charge is -2.26. The molecule has 2 heterocycles. The van der Waals surface area contributed by atoms with Crippen LogP contribution in [0, 0.1) is 0 Å². The lowest BCUT2D eigenvalue weighted by Crippen LogP contribution is -2.10. The molecule has 0 N–H and O–H groups in total. The Morgan fingerprint density at radius 3 is 1.37 bits per heavy atom. The molecule has 240 valence electrons. The number of hydrogen-bond donors (Lipinski definition) is 0. The van der Waals surface area contributed by atoms with Crippen LogP contribution in [0.2, 0.25) is 0 Å². The first-order valence-electron chi connectivity index (χ1n) is 23.7. The van der Waals surface area contributed by atoms with E-state index in [4.69, 9.17) is 20.6 Å². The van der Waals surface area contributed by atoms with Crippen LogP contribution in [0.25, 0.3) is 66.1 Å². The van der Waals surface area contributed by atoms with Crippen molar-refractivity contribution < 1.29 is 20.6 Å². The molecular weight excluding hydrogens is 619 g/mol. The van der Waals surface area contributed by atoms with Crippen molar-refractivity contribution in [3.05, 3.63) is 200 Å². The van der Waals surface area contributed by atoms with Crippen molar-refractivity contribution in [3.8, 4) is 22.5 Å². The van der Waals surface area contributed by atoms with E-state index in [1.165, 1.54) is 0 Å². The van der Waals surface area contributed by atoms with Crippen LogP contribution in [0.15, 0.2) is 200 Å². The van der Waals surface area contributed by atoms with Gasteiger partial charge in [-0.15, -0.1) is 0 Å². The average Bonchev–Trinajstić information content (AvgIpc) is 3.84. The number of nitrogens with zero attached hydrogens (tertiary/aromatic N) is 3. The third-order valence-corrected chi connectivity index (χ3v) is 9.16. The normalized spacial score (nSPS) is 15.6. The standard InChI is InChI=1S/C48H33N3/c1-4-15-36(16-5-1)49(37-17-6-2-7-18-37)39-21-14-22-40(33-39)51-46-26-13-11-24-42(46)44-32-35(28-30-48(44)51)34-27-29-47-43(31-34)41-23-10-12-25-45(41)50(47)38-19-8-3-9-20-38/h1-33H/i1D,2D,3D,4D,5D,6D,7D,8D,9D,15D,16D,17D,18D,19D,20D. The molecule has 0 atom stereocenters. The summed E-state index contributed by atoms with van der Waals surface area (Å²) in [5.74, 6) is 0. The fraction of sp³-hybridized carbons (Fsp3) is 0. The van der Waals surface area contributed by atoms with Gasteiger partial charge in [0, 0.05) is 50.0 Å². The summed E-state index contributed by atoms with van der Waals surface area (Å²) < 4.78 is 132. The summed E-state index contributed by atoms with van der Waals surface area (Å²) in [6.45, 7) is 0. The largest absolute Gasteiger partial charge is 0.310 e. The van der Waals surface area contributed by atoms with Crippen LogP contribution < -0.4 is 4.90 Å². The Balaban J connectivity index is 1.16. The lowest BCUT2D eigenvalue weighted by atomic mass is 10.0. The first-order chi connectivity index (χ1) is 31.5. The highest BCUT2D eigenvalue weighted by Crippen LogP contribution is 2.40. The maximum Gasteiger partial charge on any atom is 0.0645 e. The highest BCUT2D eigenvalue weighted by atomic mass is 15.1. The minimum absolute atomic E-state index is 0.0583. The van der Waals surface area contributed by atoms with Crippen molar-refractivity contribution in [2.24, 2.45) is 0 Å². The predicted octanol–water partition coefficient (Wildman–Crippen LogP) is 13.0. The van der Waals surface area contributed by atoms with Gasteiger partial charge >= 0.3 is 0 Å². The average molecular weight is 667 g/mol. The summed E-state index contributed by atoms with van der Waals surface area (Å²) in [7, 11) is 0. The van der Waals surface area contributed by atoms with Gasteiger partial charge in [-0.3, -0.25) is 0 Å². The van der Waals surface area contributed by atoms with Crippen molar-refractivity contribution in [2.75, 3.05) is 4.90 Å². The molecule has 0 amide bonds. The van der Waals surface area contributed by atoms with Crippen molar-refractivity contribution >= 4 is 60.7 Å². The molecule has 0 unspecified atom stereocenters. The van der Waals surface area contributed by atoms with Gasteiger partial charge < -0.3 is 14.0 Å². The maximum atomic E-state index is 8.91. The van der Waals surface area contributed by atoms with E-state index in [1.807, 2.05) is 89.5 Å². The van der Waals surface area contributed by atoms with E-state index in [0.29, 0.717) is 16.7 Å². The molecule has 10 rings (SSSR count). The van der Waals surface area contributed by atoms with E-state index < -0.39 is 89.9 Å². The van der Waals surface area contributed by atoms with Crippen molar-refractivity contribution in [1.82, 2.24) is 9.13 Å². The van der Waals surface area contributed by atoms with Crippen molar-refractivity contribution in [2.45, 2.75) is 0 Å². The first kappa shape index (κ1) is 17.7. The Kier molecular flexibility index (Phi) is 4.15. The molecule has 0 saturated heterocycles. The number of para-hydroxylation sites is 5. The Hall–Kier alpha value is -6.84. The monoisotopic (exact) mass is 666 g/mol. The molecule has 51 heavy (non-hydrogen) atoms. The Bertz CT molecular complexity index is 3590. The summed E-state index contributed by atoms with van der Waals surface area (Å²) in [5, 5.41) is 3.42. The molecule has 2 aromatic heterocycles. The number of anilines is 3. The minimum atomic E-state index is -0.656.